The predicted octanol–water partition coefficient (Wildman–Crippen LogP) is 4.17. The third-order valence-corrected chi connectivity index (χ3v) is 4.87. The van der Waals surface area contributed by atoms with Crippen molar-refractivity contribution in [3.05, 3.63) is 59.7 Å². The van der Waals surface area contributed by atoms with Gasteiger partial charge in [-0.15, -0.1) is 0 Å². The molecule has 0 heterocycles. The molecule has 0 aliphatic carbocycles. The van der Waals surface area contributed by atoms with Gasteiger partial charge in [0.25, 0.3) is 0 Å². The molecule has 2 rings (SSSR count). The molecule has 0 atom stereocenters. The van der Waals surface area contributed by atoms with Crippen molar-refractivity contribution in [1.29, 1.82) is 0 Å². The van der Waals surface area contributed by atoms with Crippen molar-refractivity contribution in [3.8, 4) is 11.5 Å². The molecule has 0 saturated carbocycles. The largest absolute Gasteiger partial charge is 0.490 e. The molecule has 0 spiro atoms. The van der Waals surface area contributed by atoms with Gasteiger partial charge in [0, 0.05) is 17.4 Å². The van der Waals surface area contributed by atoms with E-state index in [9.17, 15) is 13.2 Å². The average molecular weight is 388 g/mol. The minimum Gasteiger partial charge on any atom is -0.490 e. The summed E-state index contributed by atoms with van der Waals surface area (Å²) in [7, 11) is -3.29. The molecule has 27 heavy (non-hydrogen) atoms. The number of ketones is 1. The van der Waals surface area contributed by atoms with Gasteiger partial charge < -0.3 is 9.47 Å². The number of para-hydroxylation sites is 1. The number of benzene rings is 2. The van der Waals surface area contributed by atoms with Crippen LogP contribution in [0.1, 0.15) is 36.2 Å². The highest BCUT2D eigenvalue weighted by atomic mass is 32.2. The number of rotatable bonds is 9. The van der Waals surface area contributed by atoms with E-state index in [1.165, 1.54) is 30.3 Å². The van der Waals surface area contributed by atoms with E-state index in [0.717, 1.165) is 18.2 Å². The minimum atomic E-state index is -3.29. The lowest BCUT2D eigenvalue weighted by Gasteiger charge is -2.13. The van der Waals surface area contributed by atoms with Crippen molar-refractivity contribution in [2.75, 3.05) is 19.5 Å². The summed E-state index contributed by atoms with van der Waals surface area (Å²) in [5.74, 6) is 1.02. The van der Waals surface area contributed by atoms with Crippen molar-refractivity contribution < 1.29 is 22.7 Å². The van der Waals surface area contributed by atoms with Crippen LogP contribution in [0.15, 0.2) is 53.4 Å². The number of carbonyl (C=O) groups is 1. The van der Waals surface area contributed by atoms with E-state index in [-0.39, 0.29) is 10.7 Å². The van der Waals surface area contributed by atoms with Crippen LogP contribution in [0.2, 0.25) is 0 Å². The van der Waals surface area contributed by atoms with E-state index in [2.05, 4.69) is 0 Å². The molecular formula is C21H24O5S. The summed E-state index contributed by atoms with van der Waals surface area (Å²) in [6.07, 6.45) is 5.11. The Morgan fingerprint density at radius 1 is 1.04 bits per heavy atom. The zero-order valence-electron chi connectivity index (χ0n) is 15.8. The monoisotopic (exact) mass is 388 g/mol. The summed E-state index contributed by atoms with van der Waals surface area (Å²) >= 11 is 0. The molecule has 0 radical (unpaired) electrons. The van der Waals surface area contributed by atoms with Gasteiger partial charge in [-0.25, -0.2) is 8.42 Å². The Bertz CT molecular complexity index is 912. The second-order valence-electron chi connectivity index (χ2n) is 5.95. The van der Waals surface area contributed by atoms with Crippen LogP contribution in [0.3, 0.4) is 0 Å². The molecule has 0 fully saturated rings. The molecule has 0 saturated heterocycles. The fourth-order valence-corrected chi connectivity index (χ4v) is 3.05. The summed E-state index contributed by atoms with van der Waals surface area (Å²) in [5, 5.41) is 0. The Morgan fingerprint density at radius 3 is 2.33 bits per heavy atom. The third kappa shape index (κ3) is 5.69. The topological polar surface area (TPSA) is 69.7 Å². The van der Waals surface area contributed by atoms with Crippen molar-refractivity contribution in [2.45, 2.75) is 25.2 Å². The Labute approximate surface area is 160 Å². The number of ether oxygens (including phenoxy) is 2. The van der Waals surface area contributed by atoms with Gasteiger partial charge in [0.2, 0.25) is 0 Å². The van der Waals surface area contributed by atoms with Crippen molar-refractivity contribution >= 4 is 21.7 Å². The number of carbonyl (C=O) groups excluding carboxylic acids is 1. The smallest absolute Gasteiger partial charge is 0.185 e. The van der Waals surface area contributed by atoms with Gasteiger partial charge in [0.15, 0.2) is 27.1 Å². The molecule has 0 aliphatic rings. The SMILES string of the molecule is CCCOc1c(/C=C/C(=O)c2ccc(S(C)(=O)=O)cc2)cccc1OCC. The molecule has 0 aliphatic heterocycles. The van der Waals surface area contributed by atoms with Crippen LogP contribution < -0.4 is 9.47 Å². The van der Waals surface area contributed by atoms with Crippen molar-refractivity contribution in [3.63, 3.8) is 0 Å². The fraction of sp³-hybridized carbons (Fsp3) is 0.286. The summed E-state index contributed by atoms with van der Waals surface area (Å²) < 4.78 is 34.4. The molecule has 144 valence electrons. The maximum atomic E-state index is 12.4. The summed E-state index contributed by atoms with van der Waals surface area (Å²) in [5.41, 5.74) is 1.16. The van der Waals surface area contributed by atoms with E-state index < -0.39 is 9.84 Å². The van der Waals surface area contributed by atoms with Gasteiger partial charge in [0.05, 0.1) is 18.1 Å². The lowest BCUT2D eigenvalue weighted by atomic mass is 10.1. The summed E-state index contributed by atoms with van der Waals surface area (Å²) in [6, 6.07) is 11.4. The van der Waals surface area contributed by atoms with E-state index in [4.69, 9.17) is 9.47 Å². The first-order chi connectivity index (χ1) is 12.9. The van der Waals surface area contributed by atoms with Crippen LogP contribution in [0.4, 0.5) is 0 Å². The highest BCUT2D eigenvalue weighted by Crippen LogP contribution is 2.32. The molecule has 0 N–H and O–H groups in total. The van der Waals surface area contributed by atoms with Gasteiger partial charge in [-0.3, -0.25) is 4.79 Å². The maximum absolute atomic E-state index is 12.4. The molecule has 0 amide bonds. The molecular weight excluding hydrogens is 364 g/mol. The predicted molar refractivity (Wildman–Crippen MR) is 106 cm³/mol. The van der Waals surface area contributed by atoms with Crippen molar-refractivity contribution in [1.82, 2.24) is 0 Å². The maximum Gasteiger partial charge on any atom is 0.185 e. The Morgan fingerprint density at radius 2 is 1.74 bits per heavy atom. The van der Waals surface area contributed by atoms with E-state index in [1.54, 1.807) is 6.08 Å². The van der Waals surface area contributed by atoms with Gasteiger partial charge in [-0.1, -0.05) is 19.1 Å². The lowest BCUT2D eigenvalue weighted by Crippen LogP contribution is -2.02. The lowest BCUT2D eigenvalue weighted by molar-refractivity contribution is 0.104. The standard InChI is InChI=1S/C21H24O5S/c1-4-15-26-21-17(7-6-8-20(21)25-5-2)11-14-19(22)16-9-12-18(13-10-16)27(3,23)24/h6-14H,4-5,15H2,1-3H3/b14-11+. The normalized spacial score (nSPS) is 11.5. The highest BCUT2D eigenvalue weighted by molar-refractivity contribution is 7.90. The first kappa shape index (κ1) is 20.7. The fourth-order valence-electron chi connectivity index (χ4n) is 2.42. The van der Waals surface area contributed by atoms with Gasteiger partial charge >= 0.3 is 0 Å². The molecule has 2 aromatic rings. The minimum absolute atomic E-state index is 0.183. The number of hydrogen-bond donors (Lipinski definition) is 0. The van der Waals surface area contributed by atoms with Crippen LogP contribution >= 0.6 is 0 Å². The molecule has 6 heteroatoms. The Kier molecular flexibility index (Phi) is 7.19. The third-order valence-electron chi connectivity index (χ3n) is 3.74. The zero-order chi connectivity index (χ0) is 19.9. The highest BCUT2D eigenvalue weighted by Gasteiger charge is 2.11. The molecule has 0 unspecified atom stereocenters. The van der Waals surface area contributed by atoms with Crippen LogP contribution in [0.5, 0.6) is 11.5 Å². The average Bonchev–Trinajstić information content (AvgIpc) is 2.65. The molecule has 2 aromatic carbocycles. The molecule has 5 nitrogen and oxygen atoms in total. The van der Waals surface area contributed by atoms with E-state index >= 15 is 0 Å². The second kappa shape index (κ2) is 9.37. The molecule has 0 bridgehead atoms. The van der Waals surface area contributed by atoms with Gasteiger partial charge in [-0.2, -0.15) is 0 Å². The van der Waals surface area contributed by atoms with Crippen LogP contribution in [0, 0.1) is 0 Å². The Balaban J connectivity index is 2.26. The van der Waals surface area contributed by atoms with E-state index in [1.807, 2.05) is 32.0 Å². The van der Waals surface area contributed by atoms with E-state index in [0.29, 0.717) is 30.3 Å². The molecule has 0 aromatic heterocycles. The van der Waals surface area contributed by atoms with Gasteiger partial charge in [-0.05, 0) is 55.8 Å². The van der Waals surface area contributed by atoms with Crippen LogP contribution in [-0.4, -0.2) is 33.7 Å². The van der Waals surface area contributed by atoms with Crippen LogP contribution in [0.25, 0.3) is 6.08 Å². The van der Waals surface area contributed by atoms with Gasteiger partial charge in [0.1, 0.15) is 0 Å². The Hall–Kier alpha value is -2.60. The quantitative estimate of drug-likeness (QED) is 0.476. The van der Waals surface area contributed by atoms with Crippen LogP contribution in [-0.2, 0) is 9.84 Å². The first-order valence-corrected chi connectivity index (χ1v) is 10.7. The number of allylic oxidation sites excluding steroid dienone is 1. The number of hydrogen-bond acceptors (Lipinski definition) is 5. The summed E-state index contributed by atoms with van der Waals surface area (Å²) in [4.78, 5) is 12.6. The second-order valence-corrected chi connectivity index (χ2v) is 7.97. The summed E-state index contributed by atoms with van der Waals surface area (Å²) in [6.45, 7) is 4.98. The number of sulfone groups is 1. The zero-order valence-corrected chi connectivity index (χ0v) is 16.6. The first-order valence-electron chi connectivity index (χ1n) is 8.78. The van der Waals surface area contributed by atoms with Crippen molar-refractivity contribution in [2.24, 2.45) is 0 Å².